The van der Waals surface area contributed by atoms with Gasteiger partial charge in [-0.25, -0.2) is 8.42 Å². The van der Waals surface area contributed by atoms with Crippen LogP contribution in [-0.2, 0) is 29.2 Å². The molecule has 0 saturated heterocycles. The Morgan fingerprint density at radius 2 is 1.19 bits per heavy atom. The average molecular weight is 473 g/mol. The van der Waals surface area contributed by atoms with Crippen LogP contribution in [0.5, 0.6) is 0 Å². The predicted molar refractivity (Wildman–Crippen MR) is 116 cm³/mol. The zero-order chi connectivity index (χ0) is 23.3. The smallest absolute Gasteiger partial charge is 0.747 e. The van der Waals surface area contributed by atoms with E-state index >= 15 is 0 Å². The summed E-state index contributed by atoms with van der Waals surface area (Å²) in [7, 11) is -5.02. The number of ether oxygens (including phenoxy) is 2. The number of esters is 2. The van der Waals surface area contributed by atoms with Crippen LogP contribution in [-0.4, -0.2) is 43.4 Å². The fourth-order valence-corrected chi connectivity index (χ4v) is 3.63. The third kappa shape index (κ3) is 18.0. The molecule has 0 aliphatic carbocycles. The first-order valence-corrected chi connectivity index (χ1v) is 12.6. The van der Waals surface area contributed by atoms with Crippen molar-refractivity contribution in [2.75, 3.05) is 13.2 Å². The second kappa shape index (κ2) is 17.3. The molecule has 0 heterocycles. The maximum Gasteiger partial charge on any atom is 1.00 e. The molecule has 7 nitrogen and oxygen atoms in total. The van der Waals surface area contributed by atoms with E-state index in [4.69, 9.17) is 9.47 Å². The van der Waals surface area contributed by atoms with Crippen LogP contribution >= 0.6 is 0 Å². The maximum absolute atomic E-state index is 12.1. The summed E-state index contributed by atoms with van der Waals surface area (Å²) >= 11 is 0. The van der Waals surface area contributed by atoms with E-state index in [1.54, 1.807) is 0 Å². The van der Waals surface area contributed by atoms with Crippen LogP contribution in [0, 0.1) is 23.7 Å². The molecule has 0 fully saturated rings. The maximum atomic E-state index is 12.1. The summed E-state index contributed by atoms with van der Waals surface area (Å²) < 4.78 is 44.6. The SMILES string of the molecule is CC(C)CCCC(C)COC(=O)CC(C(=O)OCC(C)CCCC(C)C)S(=O)(=O)[O-].[Na+]. The minimum Gasteiger partial charge on any atom is -0.747 e. The fourth-order valence-electron chi connectivity index (χ4n) is 2.98. The van der Waals surface area contributed by atoms with Crippen molar-refractivity contribution in [2.24, 2.45) is 23.7 Å². The van der Waals surface area contributed by atoms with Crippen molar-refractivity contribution < 1.29 is 61.6 Å². The van der Waals surface area contributed by atoms with Gasteiger partial charge in [0.2, 0.25) is 0 Å². The van der Waals surface area contributed by atoms with Gasteiger partial charge in [0.1, 0.15) is 10.1 Å². The molecule has 0 spiro atoms. The van der Waals surface area contributed by atoms with Gasteiger partial charge in [0, 0.05) is 0 Å². The zero-order valence-corrected chi connectivity index (χ0v) is 23.3. The summed E-state index contributed by atoms with van der Waals surface area (Å²) in [4.78, 5) is 24.1. The van der Waals surface area contributed by atoms with Gasteiger partial charge in [0.05, 0.1) is 19.6 Å². The Bertz CT molecular complexity index is 605. The van der Waals surface area contributed by atoms with Crippen molar-refractivity contribution in [1.29, 1.82) is 0 Å². The van der Waals surface area contributed by atoms with E-state index in [1.165, 1.54) is 0 Å². The Morgan fingerprint density at radius 1 is 0.774 bits per heavy atom. The van der Waals surface area contributed by atoms with Gasteiger partial charge in [0.15, 0.2) is 5.25 Å². The minimum absolute atomic E-state index is 0. The molecule has 0 rings (SSSR count). The molecule has 0 bridgehead atoms. The number of hydrogen-bond acceptors (Lipinski definition) is 7. The molecule has 0 saturated carbocycles. The van der Waals surface area contributed by atoms with Gasteiger partial charge in [-0.2, -0.15) is 0 Å². The Hall–Kier alpha value is -0.150. The molecule has 0 aliphatic heterocycles. The molecular weight excluding hydrogens is 431 g/mol. The van der Waals surface area contributed by atoms with Crippen LogP contribution in [0.25, 0.3) is 0 Å². The largest absolute Gasteiger partial charge is 1.00 e. The molecule has 9 heteroatoms. The van der Waals surface area contributed by atoms with Crippen molar-refractivity contribution in [3.05, 3.63) is 0 Å². The Balaban J connectivity index is 0. The van der Waals surface area contributed by atoms with Gasteiger partial charge in [-0.15, -0.1) is 0 Å². The van der Waals surface area contributed by atoms with E-state index in [1.807, 2.05) is 13.8 Å². The van der Waals surface area contributed by atoms with Crippen molar-refractivity contribution in [3.63, 3.8) is 0 Å². The second-order valence-corrected chi connectivity index (χ2v) is 10.9. The van der Waals surface area contributed by atoms with Crippen LogP contribution in [0.2, 0.25) is 0 Å². The van der Waals surface area contributed by atoms with Crippen molar-refractivity contribution in [2.45, 2.75) is 91.7 Å². The Labute approximate surface area is 211 Å². The first-order valence-electron chi connectivity index (χ1n) is 11.1. The third-order valence-electron chi connectivity index (χ3n) is 4.96. The van der Waals surface area contributed by atoms with Crippen molar-refractivity contribution in [3.8, 4) is 0 Å². The number of rotatable bonds is 16. The molecule has 3 unspecified atom stereocenters. The van der Waals surface area contributed by atoms with Gasteiger partial charge >= 0.3 is 41.5 Å². The van der Waals surface area contributed by atoms with Crippen LogP contribution in [0.1, 0.15) is 86.5 Å². The normalized spacial score (nSPS) is 14.6. The van der Waals surface area contributed by atoms with Crippen LogP contribution in [0.3, 0.4) is 0 Å². The van der Waals surface area contributed by atoms with E-state index in [0.717, 1.165) is 38.5 Å². The molecular formula is C22H41NaO7S. The molecule has 178 valence electrons. The Kier molecular flexibility index (Phi) is 18.5. The van der Waals surface area contributed by atoms with Crippen molar-refractivity contribution >= 4 is 22.1 Å². The molecule has 0 radical (unpaired) electrons. The molecule has 0 aromatic carbocycles. The monoisotopic (exact) mass is 472 g/mol. The average Bonchev–Trinajstić information content (AvgIpc) is 2.60. The third-order valence-corrected chi connectivity index (χ3v) is 6.02. The predicted octanol–water partition coefficient (Wildman–Crippen LogP) is 1.31. The quantitative estimate of drug-likeness (QED) is 0.189. The van der Waals surface area contributed by atoms with E-state index in [0.29, 0.717) is 11.8 Å². The number of carbonyl (C=O) groups excluding carboxylic acids is 2. The van der Waals surface area contributed by atoms with E-state index in [9.17, 15) is 22.6 Å². The molecule has 0 aliphatic rings. The van der Waals surface area contributed by atoms with Gasteiger partial charge in [-0.1, -0.05) is 67.2 Å². The van der Waals surface area contributed by atoms with Crippen LogP contribution in [0.4, 0.5) is 0 Å². The molecule has 3 atom stereocenters. The molecule has 0 aromatic heterocycles. The van der Waals surface area contributed by atoms with Crippen LogP contribution in [0.15, 0.2) is 0 Å². The standard InChI is InChI=1S/C22H42O7S.Na/c1-16(2)9-7-11-18(5)14-28-21(23)13-20(30(25,26)27)22(24)29-15-19(6)12-8-10-17(3)4;/h16-20H,7-15H2,1-6H3,(H,25,26,27);/q;+1/p-1. The zero-order valence-electron chi connectivity index (χ0n) is 20.5. The molecule has 0 amide bonds. The van der Waals surface area contributed by atoms with Crippen LogP contribution < -0.4 is 29.6 Å². The summed E-state index contributed by atoms with van der Waals surface area (Å²) in [5.41, 5.74) is 0. The summed E-state index contributed by atoms with van der Waals surface area (Å²) in [5, 5.41) is -2.07. The molecule has 31 heavy (non-hydrogen) atoms. The van der Waals surface area contributed by atoms with E-state index in [2.05, 4.69) is 27.7 Å². The molecule has 0 aromatic rings. The topological polar surface area (TPSA) is 110 Å². The van der Waals surface area contributed by atoms with Gasteiger partial charge in [-0.05, 0) is 36.5 Å². The van der Waals surface area contributed by atoms with E-state index < -0.39 is 33.7 Å². The van der Waals surface area contributed by atoms with Crippen molar-refractivity contribution in [1.82, 2.24) is 0 Å². The summed E-state index contributed by atoms with van der Waals surface area (Å²) in [5.74, 6) is -0.708. The van der Waals surface area contributed by atoms with Gasteiger partial charge < -0.3 is 14.0 Å². The first kappa shape index (κ1) is 33.0. The summed E-state index contributed by atoms with van der Waals surface area (Å²) in [6.45, 7) is 12.5. The second-order valence-electron chi connectivity index (χ2n) is 9.36. The fraction of sp³-hybridized carbons (Fsp3) is 0.909. The minimum atomic E-state index is -5.02. The molecule has 0 N–H and O–H groups in total. The number of hydrogen-bond donors (Lipinski definition) is 0. The van der Waals surface area contributed by atoms with Gasteiger partial charge in [0.25, 0.3) is 0 Å². The first-order chi connectivity index (χ1) is 13.8. The summed E-state index contributed by atoms with van der Waals surface area (Å²) in [6, 6.07) is 0. The van der Waals surface area contributed by atoms with Gasteiger partial charge in [-0.3, -0.25) is 9.59 Å². The summed E-state index contributed by atoms with van der Waals surface area (Å²) in [6.07, 6.45) is 5.01. The van der Waals surface area contributed by atoms with E-state index in [-0.39, 0.29) is 54.6 Å². The number of carbonyl (C=O) groups is 2. The Morgan fingerprint density at radius 3 is 1.58 bits per heavy atom.